The third-order valence-electron chi connectivity index (χ3n) is 5.17. The molecule has 1 aliphatic carbocycles. The van der Waals surface area contributed by atoms with E-state index in [4.69, 9.17) is 14.8 Å². The Labute approximate surface area is 188 Å². The number of carbonyl (C=O) groups excluding carboxylic acids is 1. The Bertz CT molecular complexity index is 1120. The standard InChI is InChI=1S/C18H27N6O6PS/c1-10-12(8-30-31(28,23(3)4)29-5-6-32-11(2)25)14(26)7-13(10)24-9-20-15-16(24)21-18(19)22-17(15)27/h9,12-14,26H,1,5-8H2,2-4H3,(H3,19,21,22,27)/t12-,13-,14-,31?/m0/s1. The van der Waals surface area contributed by atoms with E-state index in [1.165, 1.54) is 17.9 Å². The van der Waals surface area contributed by atoms with Crippen LogP contribution in [-0.2, 0) is 18.4 Å². The first kappa shape index (κ1) is 24.6. The molecule has 1 fully saturated rings. The SMILES string of the molecule is C=C1[C@H](COP(=O)(OCCSC(C)=O)N(C)C)[C@@H](O)C[C@@H]1n1cnc2c(=O)[nH]c(N)nc21. The van der Waals surface area contributed by atoms with E-state index in [1.54, 1.807) is 18.7 Å². The van der Waals surface area contributed by atoms with E-state index >= 15 is 0 Å². The first-order valence-electron chi connectivity index (χ1n) is 9.83. The number of anilines is 1. The number of carbonyl (C=O) groups is 1. The van der Waals surface area contributed by atoms with Crippen LogP contribution in [0.15, 0.2) is 23.3 Å². The second kappa shape index (κ2) is 9.86. The third-order valence-corrected chi connectivity index (χ3v) is 7.91. The van der Waals surface area contributed by atoms with Crippen molar-refractivity contribution in [2.45, 2.75) is 25.5 Å². The van der Waals surface area contributed by atoms with Gasteiger partial charge in [0.15, 0.2) is 16.3 Å². The lowest BCUT2D eigenvalue weighted by atomic mass is 10.0. The Balaban J connectivity index is 1.72. The summed E-state index contributed by atoms with van der Waals surface area (Å²) in [5.41, 5.74) is 6.25. The van der Waals surface area contributed by atoms with Gasteiger partial charge in [0.05, 0.1) is 31.7 Å². The van der Waals surface area contributed by atoms with Crippen molar-refractivity contribution in [3.63, 3.8) is 0 Å². The highest BCUT2D eigenvalue weighted by Crippen LogP contribution is 2.52. The van der Waals surface area contributed by atoms with E-state index in [-0.39, 0.29) is 41.9 Å². The van der Waals surface area contributed by atoms with E-state index in [1.807, 2.05) is 0 Å². The number of hydrogen-bond donors (Lipinski definition) is 3. The van der Waals surface area contributed by atoms with Crippen molar-refractivity contribution in [3.05, 3.63) is 28.8 Å². The number of aromatic nitrogens is 4. The molecule has 1 saturated carbocycles. The molecule has 4 N–H and O–H groups in total. The number of aliphatic hydroxyl groups is 1. The molecule has 14 heteroatoms. The average Bonchev–Trinajstić information content (AvgIpc) is 3.24. The largest absolute Gasteiger partial charge is 0.407 e. The molecule has 2 heterocycles. The first-order valence-corrected chi connectivity index (χ1v) is 12.3. The number of nitrogens with zero attached hydrogens (tertiary/aromatic N) is 4. The number of fused-ring (bicyclic) bond motifs is 1. The maximum Gasteiger partial charge on any atom is 0.407 e. The van der Waals surface area contributed by atoms with Gasteiger partial charge >= 0.3 is 7.75 Å². The van der Waals surface area contributed by atoms with Crippen molar-refractivity contribution in [2.75, 3.05) is 38.8 Å². The van der Waals surface area contributed by atoms with Crippen LogP contribution in [0.25, 0.3) is 11.2 Å². The van der Waals surface area contributed by atoms with Gasteiger partial charge in [-0.2, -0.15) is 4.98 Å². The Morgan fingerprint density at radius 1 is 1.50 bits per heavy atom. The zero-order valence-corrected chi connectivity index (χ0v) is 19.8. The highest BCUT2D eigenvalue weighted by Gasteiger charge is 2.40. The fraction of sp³-hybridized carbons (Fsp3) is 0.556. The number of imidazole rings is 1. The van der Waals surface area contributed by atoms with Gasteiger partial charge in [-0.15, -0.1) is 0 Å². The molecule has 12 nitrogen and oxygen atoms in total. The predicted molar refractivity (Wildman–Crippen MR) is 121 cm³/mol. The van der Waals surface area contributed by atoms with E-state index < -0.39 is 31.4 Å². The number of nitrogens with one attached hydrogen (secondary N) is 1. The molecular formula is C18H27N6O6PS. The van der Waals surface area contributed by atoms with Crippen LogP contribution in [0.2, 0.25) is 0 Å². The van der Waals surface area contributed by atoms with Gasteiger partial charge < -0.3 is 15.4 Å². The monoisotopic (exact) mass is 486 g/mol. The molecule has 0 radical (unpaired) electrons. The van der Waals surface area contributed by atoms with Crippen molar-refractivity contribution < 1.29 is 23.5 Å². The number of aromatic amines is 1. The molecule has 0 aromatic carbocycles. The molecule has 176 valence electrons. The molecule has 0 spiro atoms. The van der Waals surface area contributed by atoms with Gasteiger partial charge in [0, 0.05) is 18.6 Å². The highest BCUT2D eigenvalue weighted by atomic mass is 32.2. The molecule has 0 aliphatic heterocycles. The molecule has 3 rings (SSSR count). The summed E-state index contributed by atoms with van der Waals surface area (Å²) in [5.74, 6) is -0.221. The number of nitrogens with two attached hydrogens (primary N) is 1. The van der Waals surface area contributed by atoms with Gasteiger partial charge in [-0.3, -0.25) is 23.6 Å². The van der Waals surface area contributed by atoms with Gasteiger partial charge in [-0.25, -0.2) is 14.2 Å². The van der Waals surface area contributed by atoms with Gasteiger partial charge in [0.1, 0.15) is 0 Å². The lowest BCUT2D eigenvalue weighted by Crippen LogP contribution is -2.23. The predicted octanol–water partition coefficient (Wildman–Crippen LogP) is 1.16. The minimum Gasteiger partial charge on any atom is -0.392 e. The Morgan fingerprint density at radius 3 is 2.88 bits per heavy atom. The van der Waals surface area contributed by atoms with Gasteiger partial charge in [-0.05, 0) is 26.1 Å². The maximum absolute atomic E-state index is 13.1. The lowest BCUT2D eigenvalue weighted by Gasteiger charge is -2.26. The van der Waals surface area contributed by atoms with E-state index in [2.05, 4.69) is 21.5 Å². The van der Waals surface area contributed by atoms with Crippen LogP contribution in [0.5, 0.6) is 0 Å². The summed E-state index contributed by atoms with van der Waals surface area (Å²) in [6.45, 7) is 5.52. The highest BCUT2D eigenvalue weighted by molar-refractivity contribution is 8.13. The van der Waals surface area contributed by atoms with Crippen molar-refractivity contribution in [1.82, 2.24) is 24.2 Å². The Kier molecular flexibility index (Phi) is 7.58. The van der Waals surface area contributed by atoms with Crippen LogP contribution < -0.4 is 11.3 Å². The van der Waals surface area contributed by atoms with Crippen LogP contribution in [0, 0.1) is 5.92 Å². The zero-order valence-electron chi connectivity index (χ0n) is 18.1. The van der Waals surface area contributed by atoms with E-state index in [0.29, 0.717) is 11.3 Å². The number of rotatable bonds is 9. The summed E-state index contributed by atoms with van der Waals surface area (Å²) in [7, 11) is -0.501. The molecule has 1 aliphatic rings. The lowest BCUT2D eigenvalue weighted by molar-refractivity contribution is -0.109. The van der Waals surface area contributed by atoms with Crippen molar-refractivity contribution in [2.24, 2.45) is 5.92 Å². The number of nitrogen functional groups attached to an aromatic ring is 1. The first-order chi connectivity index (χ1) is 15.0. The summed E-state index contributed by atoms with van der Waals surface area (Å²) < 4.78 is 27.2. The van der Waals surface area contributed by atoms with E-state index in [9.17, 15) is 19.3 Å². The fourth-order valence-corrected chi connectivity index (χ4v) is 5.29. The van der Waals surface area contributed by atoms with Crippen LogP contribution in [-0.4, -0.2) is 73.6 Å². The topological polar surface area (TPSA) is 166 Å². The zero-order chi connectivity index (χ0) is 23.6. The van der Waals surface area contributed by atoms with E-state index in [0.717, 1.165) is 11.8 Å². The molecular weight excluding hydrogens is 459 g/mol. The summed E-state index contributed by atoms with van der Waals surface area (Å²) in [5, 5.41) is 10.6. The second-order valence-corrected chi connectivity index (χ2v) is 11.1. The van der Waals surface area contributed by atoms with Crippen LogP contribution in [0.1, 0.15) is 19.4 Å². The van der Waals surface area contributed by atoms with Crippen molar-refractivity contribution in [1.29, 1.82) is 0 Å². The molecule has 1 unspecified atom stereocenters. The average molecular weight is 486 g/mol. The number of aliphatic hydroxyl groups excluding tert-OH is 1. The summed E-state index contributed by atoms with van der Waals surface area (Å²) in [6, 6.07) is -0.399. The molecule has 0 bridgehead atoms. The normalized spacial score (nSPS) is 23.2. The summed E-state index contributed by atoms with van der Waals surface area (Å²) in [6.07, 6.45) is 0.918. The molecule has 2 aromatic rings. The molecule has 32 heavy (non-hydrogen) atoms. The van der Waals surface area contributed by atoms with Crippen molar-refractivity contribution in [3.8, 4) is 0 Å². The smallest absolute Gasteiger partial charge is 0.392 e. The summed E-state index contributed by atoms with van der Waals surface area (Å²) >= 11 is 1.07. The van der Waals surface area contributed by atoms with Gasteiger partial charge in [0.2, 0.25) is 5.95 Å². The molecule has 0 saturated heterocycles. The summed E-state index contributed by atoms with van der Waals surface area (Å²) in [4.78, 5) is 33.7. The fourth-order valence-electron chi connectivity index (χ4n) is 3.50. The Morgan fingerprint density at radius 2 is 2.22 bits per heavy atom. The van der Waals surface area contributed by atoms with Gasteiger partial charge in [-0.1, -0.05) is 18.3 Å². The third kappa shape index (κ3) is 5.13. The molecule has 0 amide bonds. The quantitative estimate of drug-likeness (QED) is 0.264. The van der Waals surface area contributed by atoms with Crippen molar-refractivity contribution >= 4 is 41.7 Å². The van der Waals surface area contributed by atoms with Gasteiger partial charge in [0.25, 0.3) is 5.56 Å². The number of thioether (sulfide) groups is 1. The van der Waals surface area contributed by atoms with Crippen LogP contribution in [0.4, 0.5) is 5.95 Å². The maximum atomic E-state index is 13.1. The number of H-pyrrole nitrogens is 1. The minimum atomic E-state index is -3.63. The van der Waals surface area contributed by atoms with Crippen LogP contribution in [0.3, 0.4) is 0 Å². The molecule has 4 atom stereocenters. The minimum absolute atomic E-state index is 0.0414. The molecule has 2 aromatic heterocycles. The number of hydrogen-bond acceptors (Lipinski definition) is 10. The van der Waals surface area contributed by atoms with Crippen LogP contribution >= 0.6 is 19.5 Å². The Hall–Kier alpha value is -2.02. The second-order valence-electron chi connectivity index (χ2n) is 7.56.